The van der Waals surface area contributed by atoms with Crippen LogP contribution in [0.5, 0.6) is 5.75 Å². The number of carbonyl (C=O) groups is 1. The van der Waals surface area contributed by atoms with Crippen LogP contribution in [0.1, 0.15) is 40.4 Å². The number of piperidine rings is 1. The summed E-state index contributed by atoms with van der Waals surface area (Å²) >= 11 is 0. The highest BCUT2D eigenvalue weighted by molar-refractivity contribution is 5.98. The van der Waals surface area contributed by atoms with Crippen molar-refractivity contribution < 1.29 is 9.53 Å². The number of carbonyl (C=O) groups excluding carboxylic acids is 1. The molecule has 0 unspecified atom stereocenters. The maximum Gasteiger partial charge on any atom is 0.255 e. The van der Waals surface area contributed by atoms with E-state index in [1.165, 1.54) is 6.33 Å². The lowest BCUT2D eigenvalue weighted by atomic mass is 10.1. The summed E-state index contributed by atoms with van der Waals surface area (Å²) in [4.78, 5) is 21.6. The highest BCUT2D eigenvalue weighted by Gasteiger charge is 2.23. The number of fused-ring (bicyclic) bond motifs is 1. The lowest BCUT2D eigenvalue weighted by Crippen LogP contribution is -2.32. The molecule has 1 amide bonds. The first-order valence-corrected chi connectivity index (χ1v) is 11.8. The Bertz CT molecular complexity index is 1380. The third-order valence-electron chi connectivity index (χ3n) is 6.39. The van der Waals surface area contributed by atoms with Gasteiger partial charge in [0.2, 0.25) is 0 Å². The van der Waals surface area contributed by atoms with Gasteiger partial charge in [0, 0.05) is 18.7 Å². The zero-order valence-corrected chi connectivity index (χ0v) is 19.9. The monoisotopic (exact) mass is 471 g/mol. The highest BCUT2D eigenvalue weighted by atomic mass is 16.5. The Labute approximate surface area is 203 Å². The largest absolute Gasteiger partial charge is 0.496 e. The maximum absolute atomic E-state index is 12.9. The van der Waals surface area contributed by atoms with E-state index < -0.39 is 0 Å². The molecule has 2 aromatic heterocycles. The van der Waals surface area contributed by atoms with E-state index in [4.69, 9.17) is 15.6 Å². The number of nitrogens with two attached hydrogens (primary N) is 1. The molecule has 1 aliphatic heterocycles. The van der Waals surface area contributed by atoms with Crippen molar-refractivity contribution in [1.29, 1.82) is 0 Å². The van der Waals surface area contributed by atoms with E-state index in [-0.39, 0.29) is 11.9 Å². The maximum atomic E-state index is 12.9. The van der Waals surface area contributed by atoms with Crippen molar-refractivity contribution in [2.75, 3.05) is 25.9 Å². The van der Waals surface area contributed by atoms with Gasteiger partial charge in [0.25, 0.3) is 5.91 Å². The molecule has 4 N–H and O–H groups in total. The molecule has 5 rings (SSSR count). The fourth-order valence-corrected chi connectivity index (χ4v) is 4.60. The number of nitrogen functional groups attached to an aromatic ring is 1. The number of aryl methyl sites for hydroxylation is 1. The number of hydrogen-bond donors (Lipinski definition) is 3. The number of hydrogen-bond acceptors (Lipinski definition) is 7. The van der Waals surface area contributed by atoms with Gasteiger partial charge in [-0.2, -0.15) is 5.10 Å². The minimum atomic E-state index is -0.187. The zero-order valence-electron chi connectivity index (χ0n) is 19.9. The molecule has 1 saturated heterocycles. The van der Waals surface area contributed by atoms with Crippen LogP contribution in [0.2, 0.25) is 0 Å². The van der Waals surface area contributed by atoms with Crippen molar-refractivity contribution in [3.63, 3.8) is 0 Å². The van der Waals surface area contributed by atoms with E-state index >= 15 is 0 Å². The van der Waals surface area contributed by atoms with Crippen LogP contribution < -0.4 is 21.1 Å². The quantitative estimate of drug-likeness (QED) is 0.395. The number of benzene rings is 2. The van der Waals surface area contributed by atoms with Crippen LogP contribution in [-0.4, -0.2) is 45.9 Å². The molecular formula is C26H29N7O2. The molecule has 1 fully saturated rings. The van der Waals surface area contributed by atoms with E-state index in [0.29, 0.717) is 23.7 Å². The molecular weight excluding hydrogens is 442 g/mol. The van der Waals surface area contributed by atoms with Gasteiger partial charge in [0.1, 0.15) is 23.6 Å². The van der Waals surface area contributed by atoms with Crippen molar-refractivity contribution >= 4 is 22.8 Å². The standard InChI is InChI=1S/C26H29N7O2/c1-16-8-9-21(35-2)20(11-16)26(34)29-13-17-5-3-6-18(12-17)23-22-24(27)30-15-31-25(22)33(32-23)19-7-4-10-28-14-19/h3,5-6,8-9,11-12,15,19,28H,4,7,10,13-14H2,1-2H3,(H,29,34)(H2,27,30,31)/t19-/m1/s1. The van der Waals surface area contributed by atoms with Gasteiger partial charge < -0.3 is 21.1 Å². The summed E-state index contributed by atoms with van der Waals surface area (Å²) < 4.78 is 7.33. The van der Waals surface area contributed by atoms with E-state index in [1.54, 1.807) is 13.2 Å². The first-order chi connectivity index (χ1) is 17.0. The van der Waals surface area contributed by atoms with Gasteiger partial charge >= 0.3 is 0 Å². The summed E-state index contributed by atoms with van der Waals surface area (Å²) in [5, 5.41) is 12.1. The Morgan fingerprint density at radius 3 is 2.94 bits per heavy atom. The summed E-state index contributed by atoms with van der Waals surface area (Å²) in [6.07, 6.45) is 3.60. The first kappa shape index (κ1) is 22.8. The number of ether oxygens (including phenoxy) is 1. The van der Waals surface area contributed by atoms with E-state index in [9.17, 15) is 4.79 Å². The molecule has 4 aromatic rings. The summed E-state index contributed by atoms with van der Waals surface area (Å²) in [6, 6.07) is 13.7. The third-order valence-corrected chi connectivity index (χ3v) is 6.39. The Hall–Kier alpha value is -3.98. The van der Waals surface area contributed by atoms with Gasteiger partial charge in [-0.05, 0) is 50.1 Å². The van der Waals surface area contributed by atoms with Crippen molar-refractivity contribution in [3.05, 3.63) is 65.5 Å². The average Bonchev–Trinajstić information content (AvgIpc) is 3.29. The van der Waals surface area contributed by atoms with Crippen LogP contribution >= 0.6 is 0 Å². The lowest BCUT2D eigenvalue weighted by molar-refractivity contribution is 0.0947. The predicted octanol–water partition coefficient (Wildman–Crippen LogP) is 3.25. The van der Waals surface area contributed by atoms with Gasteiger partial charge in [-0.1, -0.05) is 29.8 Å². The first-order valence-electron chi connectivity index (χ1n) is 11.8. The van der Waals surface area contributed by atoms with E-state index in [2.05, 4.69) is 20.6 Å². The van der Waals surface area contributed by atoms with E-state index in [1.807, 2.05) is 48.0 Å². The topological polar surface area (TPSA) is 120 Å². The van der Waals surface area contributed by atoms with Crippen LogP contribution in [0.4, 0.5) is 5.82 Å². The molecule has 0 radical (unpaired) electrons. The predicted molar refractivity (Wildman–Crippen MR) is 135 cm³/mol. The summed E-state index contributed by atoms with van der Waals surface area (Å²) in [7, 11) is 1.56. The number of rotatable bonds is 6. The molecule has 3 heterocycles. The van der Waals surface area contributed by atoms with Gasteiger partial charge in [0.05, 0.1) is 24.1 Å². The van der Waals surface area contributed by atoms with Crippen LogP contribution in [0.15, 0.2) is 48.8 Å². The van der Waals surface area contributed by atoms with E-state index in [0.717, 1.165) is 59.3 Å². The normalized spacial score (nSPS) is 15.8. The van der Waals surface area contributed by atoms with Crippen LogP contribution in [0.3, 0.4) is 0 Å². The number of nitrogens with one attached hydrogen (secondary N) is 2. The van der Waals surface area contributed by atoms with Gasteiger partial charge in [-0.25, -0.2) is 14.6 Å². The second kappa shape index (κ2) is 9.71. The van der Waals surface area contributed by atoms with Crippen molar-refractivity contribution in [1.82, 2.24) is 30.4 Å². The van der Waals surface area contributed by atoms with Crippen LogP contribution in [-0.2, 0) is 6.54 Å². The van der Waals surface area contributed by atoms with Crippen molar-refractivity contribution in [3.8, 4) is 17.0 Å². The van der Waals surface area contributed by atoms with Crippen molar-refractivity contribution in [2.24, 2.45) is 0 Å². The highest BCUT2D eigenvalue weighted by Crippen LogP contribution is 2.33. The zero-order chi connectivity index (χ0) is 24.4. The Balaban J connectivity index is 1.44. The Kier molecular flexibility index (Phi) is 6.33. The molecule has 9 nitrogen and oxygen atoms in total. The smallest absolute Gasteiger partial charge is 0.255 e. The number of aromatic nitrogens is 4. The SMILES string of the molecule is COc1ccc(C)cc1C(=O)NCc1cccc(-c2nn([C@@H]3CCCNC3)c3ncnc(N)c23)c1. The van der Waals surface area contributed by atoms with Crippen LogP contribution in [0, 0.1) is 6.92 Å². The van der Waals surface area contributed by atoms with Crippen molar-refractivity contribution in [2.45, 2.75) is 32.4 Å². The fraction of sp³-hybridized carbons (Fsp3) is 0.308. The molecule has 9 heteroatoms. The summed E-state index contributed by atoms with van der Waals surface area (Å²) in [6.45, 7) is 4.17. The molecule has 2 aromatic carbocycles. The van der Waals surface area contributed by atoms with Gasteiger partial charge in [-0.15, -0.1) is 0 Å². The van der Waals surface area contributed by atoms with Gasteiger partial charge in [-0.3, -0.25) is 4.79 Å². The minimum absolute atomic E-state index is 0.187. The molecule has 180 valence electrons. The number of nitrogens with zero attached hydrogens (tertiary/aromatic N) is 4. The lowest BCUT2D eigenvalue weighted by Gasteiger charge is -2.23. The Morgan fingerprint density at radius 1 is 1.26 bits per heavy atom. The second-order valence-electron chi connectivity index (χ2n) is 8.84. The molecule has 1 atom stereocenters. The van der Waals surface area contributed by atoms with Gasteiger partial charge in [0.15, 0.2) is 5.65 Å². The number of anilines is 1. The number of methoxy groups -OCH3 is 1. The summed E-state index contributed by atoms with van der Waals surface area (Å²) in [5.74, 6) is 0.768. The summed E-state index contributed by atoms with van der Waals surface area (Å²) in [5.41, 5.74) is 11.1. The fourth-order valence-electron chi connectivity index (χ4n) is 4.60. The third kappa shape index (κ3) is 4.54. The minimum Gasteiger partial charge on any atom is -0.496 e. The molecule has 35 heavy (non-hydrogen) atoms. The Morgan fingerprint density at radius 2 is 2.14 bits per heavy atom. The number of amides is 1. The average molecular weight is 472 g/mol. The molecule has 0 aliphatic carbocycles. The molecule has 0 bridgehead atoms. The molecule has 1 aliphatic rings. The molecule has 0 spiro atoms. The second-order valence-corrected chi connectivity index (χ2v) is 8.84. The molecule has 0 saturated carbocycles. The van der Waals surface area contributed by atoms with Crippen LogP contribution in [0.25, 0.3) is 22.3 Å².